The Bertz CT molecular complexity index is 1100. The molecule has 0 aliphatic carbocycles. The summed E-state index contributed by atoms with van der Waals surface area (Å²) in [6.07, 6.45) is 0.898. The van der Waals surface area contributed by atoms with Crippen LogP contribution in [0.5, 0.6) is 0 Å². The van der Waals surface area contributed by atoms with Crippen LogP contribution < -0.4 is 5.32 Å². The van der Waals surface area contributed by atoms with E-state index in [2.05, 4.69) is 20.5 Å². The number of fused-ring (bicyclic) bond motifs is 1. The molecule has 1 aliphatic heterocycles. The molecular weight excluding hydrogens is 402 g/mol. The number of hydrogen-bond acceptors (Lipinski definition) is 8. The SMILES string of the molecule is CN(CC(O)CO)C(=O)c1cccc(-c2nnc(Nc3ccc4c(c3)C=NC4)s2)c1. The van der Waals surface area contributed by atoms with Crippen LogP contribution in [0, 0.1) is 0 Å². The van der Waals surface area contributed by atoms with Crippen molar-refractivity contribution >= 4 is 34.3 Å². The summed E-state index contributed by atoms with van der Waals surface area (Å²) in [5, 5.41) is 31.6. The third-order valence-corrected chi connectivity index (χ3v) is 5.60. The van der Waals surface area contributed by atoms with Gasteiger partial charge in [0.05, 0.1) is 19.3 Å². The van der Waals surface area contributed by atoms with Gasteiger partial charge in [-0.2, -0.15) is 0 Å². The van der Waals surface area contributed by atoms with Gasteiger partial charge >= 0.3 is 0 Å². The fourth-order valence-corrected chi connectivity index (χ4v) is 3.92. The molecule has 0 saturated carbocycles. The number of rotatable bonds is 7. The van der Waals surface area contributed by atoms with E-state index < -0.39 is 12.7 Å². The Morgan fingerprint density at radius 3 is 2.97 bits per heavy atom. The molecule has 3 aromatic rings. The van der Waals surface area contributed by atoms with E-state index in [-0.39, 0.29) is 12.5 Å². The van der Waals surface area contributed by atoms with E-state index in [1.807, 2.05) is 30.5 Å². The smallest absolute Gasteiger partial charge is 0.253 e. The molecule has 1 amide bonds. The number of aliphatic hydroxyl groups excluding tert-OH is 2. The highest BCUT2D eigenvalue weighted by atomic mass is 32.1. The third kappa shape index (κ3) is 4.38. The summed E-state index contributed by atoms with van der Waals surface area (Å²) in [5.41, 5.74) is 4.48. The zero-order valence-corrected chi connectivity index (χ0v) is 17.1. The fraction of sp³-hybridized carbons (Fsp3) is 0.238. The molecular formula is C21H21N5O3S. The second kappa shape index (κ2) is 8.70. The molecule has 8 nitrogen and oxygen atoms in total. The number of amides is 1. The molecule has 0 fully saturated rings. The van der Waals surface area contributed by atoms with Gasteiger partial charge in [0.1, 0.15) is 5.01 Å². The van der Waals surface area contributed by atoms with Gasteiger partial charge in [-0.15, -0.1) is 10.2 Å². The second-order valence-electron chi connectivity index (χ2n) is 7.02. The number of likely N-dealkylation sites (N-methyl/N-ethyl adjacent to an activating group) is 1. The Labute approximate surface area is 177 Å². The number of nitrogens with zero attached hydrogens (tertiary/aromatic N) is 4. The average Bonchev–Trinajstić information content (AvgIpc) is 3.42. The van der Waals surface area contributed by atoms with E-state index in [0.717, 1.165) is 23.4 Å². The number of aliphatic imine (C=N–C) groups is 1. The van der Waals surface area contributed by atoms with Crippen molar-refractivity contribution in [2.45, 2.75) is 12.6 Å². The monoisotopic (exact) mass is 423 g/mol. The lowest BCUT2D eigenvalue weighted by molar-refractivity contribution is 0.0520. The van der Waals surface area contributed by atoms with Crippen molar-refractivity contribution in [3.63, 3.8) is 0 Å². The van der Waals surface area contributed by atoms with E-state index in [1.54, 1.807) is 25.2 Å². The molecule has 154 valence electrons. The lowest BCUT2D eigenvalue weighted by atomic mass is 10.1. The van der Waals surface area contributed by atoms with E-state index in [4.69, 9.17) is 5.11 Å². The van der Waals surface area contributed by atoms with Crippen LogP contribution in [-0.2, 0) is 6.54 Å². The number of carbonyl (C=O) groups excluding carboxylic acids is 1. The summed E-state index contributed by atoms with van der Waals surface area (Å²) in [7, 11) is 1.59. The van der Waals surface area contributed by atoms with Crippen LogP contribution in [0.4, 0.5) is 10.8 Å². The lowest BCUT2D eigenvalue weighted by Crippen LogP contribution is -2.35. The zero-order valence-electron chi connectivity index (χ0n) is 16.3. The molecule has 1 aromatic heterocycles. The molecule has 0 saturated heterocycles. The van der Waals surface area contributed by atoms with Crippen molar-refractivity contribution in [1.82, 2.24) is 15.1 Å². The highest BCUT2D eigenvalue weighted by Crippen LogP contribution is 2.30. The van der Waals surface area contributed by atoms with Gasteiger partial charge in [-0.3, -0.25) is 9.79 Å². The minimum absolute atomic E-state index is 0.0535. The van der Waals surface area contributed by atoms with Crippen LogP contribution >= 0.6 is 11.3 Å². The predicted octanol–water partition coefficient (Wildman–Crippen LogP) is 2.31. The van der Waals surface area contributed by atoms with E-state index in [1.165, 1.54) is 21.8 Å². The number of anilines is 2. The number of hydrogen-bond donors (Lipinski definition) is 3. The average molecular weight is 423 g/mol. The first kappa shape index (κ1) is 20.1. The molecule has 1 atom stereocenters. The summed E-state index contributed by atoms with van der Waals surface area (Å²) in [6.45, 7) is 0.384. The molecule has 0 bridgehead atoms. The number of benzene rings is 2. The van der Waals surface area contributed by atoms with E-state index in [9.17, 15) is 9.90 Å². The van der Waals surface area contributed by atoms with Crippen molar-refractivity contribution in [2.75, 3.05) is 25.5 Å². The van der Waals surface area contributed by atoms with Gasteiger partial charge in [0.25, 0.3) is 5.91 Å². The van der Waals surface area contributed by atoms with Crippen molar-refractivity contribution in [2.24, 2.45) is 4.99 Å². The Morgan fingerprint density at radius 2 is 2.13 bits per heavy atom. The standard InChI is InChI=1S/C21H21N5O3S/c1-26(11-18(28)12-27)20(29)14-4-2-3-13(7-14)19-24-25-21(30-19)23-17-6-5-15-9-22-10-16(15)8-17/h2-8,10,18,27-28H,9,11-12H2,1H3,(H,23,25). The van der Waals surface area contributed by atoms with Crippen molar-refractivity contribution < 1.29 is 15.0 Å². The van der Waals surface area contributed by atoms with Crippen LogP contribution in [0.2, 0.25) is 0 Å². The van der Waals surface area contributed by atoms with Gasteiger partial charge in [-0.05, 0) is 35.4 Å². The molecule has 4 rings (SSSR count). The van der Waals surface area contributed by atoms with Gasteiger partial charge in [-0.25, -0.2) is 0 Å². The third-order valence-electron chi connectivity index (χ3n) is 4.71. The second-order valence-corrected chi connectivity index (χ2v) is 8.00. The molecule has 9 heteroatoms. The maximum atomic E-state index is 12.6. The largest absolute Gasteiger partial charge is 0.394 e. The van der Waals surface area contributed by atoms with Crippen LogP contribution in [0.1, 0.15) is 21.5 Å². The molecule has 0 radical (unpaired) electrons. The van der Waals surface area contributed by atoms with E-state index >= 15 is 0 Å². The summed E-state index contributed by atoms with van der Waals surface area (Å²) in [5.74, 6) is -0.244. The Balaban J connectivity index is 1.49. The van der Waals surface area contributed by atoms with E-state index in [0.29, 0.717) is 15.7 Å². The number of carbonyl (C=O) groups is 1. The normalized spacial score (nSPS) is 13.2. The quantitative estimate of drug-likeness (QED) is 0.538. The molecule has 3 N–H and O–H groups in total. The Morgan fingerprint density at radius 1 is 1.27 bits per heavy atom. The summed E-state index contributed by atoms with van der Waals surface area (Å²) < 4.78 is 0. The predicted molar refractivity (Wildman–Crippen MR) is 116 cm³/mol. The lowest BCUT2D eigenvalue weighted by Gasteiger charge is -2.19. The Kier molecular flexibility index (Phi) is 5.84. The summed E-state index contributed by atoms with van der Waals surface area (Å²) >= 11 is 1.39. The minimum atomic E-state index is -0.968. The van der Waals surface area contributed by atoms with Gasteiger partial charge < -0.3 is 20.4 Å². The number of aromatic nitrogens is 2. The Hall–Kier alpha value is -3.14. The number of nitrogens with one attached hydrogen (secondary N) is 1. The first-order chi connectivity index (χ1) is 14.5. The highest BCUT2D eigenvalue weighted by molar-refractivity contribution is 7.18. The summed E-state index contributed by atoms with van der Waals surface area (Å²) in [4.78, 5) is 18.2. The fourth-order valence-electron chi connectivity index (χ4n) is 3.16. The molecule has 0 spiro atoms. The zero-order chi connectivity index (χ0) is 21.1. The van der Waals surface area contributed by atoms with Crippen molar-refractivity contribution in [1.29, 1.82) is 0 Å². The molecule has 1 unspecified atom stereocenters. The molecule has 2 heterocycles. The van der Waals surface area contributed by atoms with Gasteiger partial charge in [0, 0.05) is 36.6 Å². The first-order valence-corrected chi connectivity index (χ1v) is 10.2. The maximum Gasteiger partial charge on any atom is 0.253 e. The molecule has 30 heavy (non-hydrogen) atoms. The first-order valence-electron chi connectivity index (χ1n) is 9.41. The van der Waals surface area contributed by atoms with Gasteiger partial charge in [0.2, 0.25) is 5.13 Å². The van der Waals surface area contributed by atoms with Crippen LogP contribution in [0.25, 0.3) is 10.6 Å². The molecule has 2 aromatic carbocycles. The topological polar surface area (TPSA) is 111 Å². The summed E-state index contributed by atoms with van der Waals surface area (Å²) in [6, 6.07) is 13.2. The van der Waals surface area contributed by atoms with Crippen LogP contribution in [0.15, 0.2) is 47.5 Å². The van der Waals surface area contributed by atoms with Crippen LogP contribution in [0.3, 0.4) is 0 Å². The van der Waals surface area contributed by atoms with Gasteiger partial charge in [0.15, 0.2) is 0 Å². The van der Waals surface area contributed by atoms with Gasteiger partial charge in [-0.1, -0.05) is 29.5 Å². The molecule has 1 aliphatic rings. The van der Waals surface area contributed by atoms with Crippen molar-refractivity contribution in [3.8, 4) is 10.6 Å². The van der Waals surface area contributed by atoms with Crippen molar-refractivity contribution in [3.05, 3.63) is 59.2 Å². The number of aliphatic hydroxyl groups is 2. The minimum Gasteiger partial charge on any atom is -0.394 e. The maximum absolute atomic E-state index is 12.6. The van der Waals surface area contributed by atoms with Crippen LogP contribution in [-0.4, -0.2) is 63.7 Å². The highest BCUT2D eigenvalue weighted by Gasteiger charge is 2.17.